The molecule has 0 fully saturated rings. The summed E-state index contributed by atoms with van der Waals surface area (Å²) in [6.45, 7) is 1.13. The lowest BCUT2D eigenvalue weighted by Gasteiger charge is -2.10. The van der Waals surface area contributed by atoms with E-state index in [0.29, 0.717) is 28.5 Å². The van der Waals surface area contributed by atoms with Crippen LogP contribution in [-0.4, -0.2) is 42.3 Å². The van der Waals surface area contributed by atoms with Gasteiger partial charge in [0.15, 0.2) is 27.9 Å². The quantitative estimate of drug-likeness (QED) is 0.0752. The summed E-state index contributed by atoms with van der Waals surface area (Å²) in [7, 11) is -3.68. The average molecular weight is 558 g/mol. The maximum atomic E-state index is 12.4. The molecule has 13 nitrogen and oxygen atoms in total. The lowest BCUT2D eigenvalue weighted by atomic mass is 10.1. The van der Waals surface area contributed by atoms with Gasteiger partial charge in [-0.25, -0.2) is 18.9 Å². The molecule has 0 bridgehead atoms. The number of nitrogens with one attached hydrogen (secondary N) is 1. The van der Waals surface area contributed by atoms with Crippen molar-refractivity contribution in [3.8, 4) is 5.75 Å². The van der Waals surface area contributed by atoms with Crippen LogP contribution in [0.15, 0.2) is 68.6 Å². The lowest BCUT2D eigenvalue weighted by molar-refractivity contribution is -0.434. The zero-order valence-electron chi connectivity index (χ0n) is 18.4. The van der Waals surface area contributed by atoms with Crippen molar-refractivity contribution < 1.29 is 46.7 Å². The van der Waals surface area contributed by atoms with Crippen molar-refractivity contribution in [2.24, 2.45) is 10.2 Å². The summed E-state index contributed by atoms with van der Waals surface area (Å²) in [6.07, 6.45) is 0. The number of phenolic OH excluding ortho intramolecular Hbond substituents is 1. The van der Waals surface area contributed by atoms with E-state index < -0.39 is 9.84 Å². The van der Waals surface area contributed by atoms with E-state index in [1.807, 2.05) is 0 Å². The number of fused-ring (bicyclic) bond motifs is 1. The maximum absolute atomic E-state index is 12.4. The van der Waals surface area contributed by atoms with Crippen LogP contribution in [0.1, 0.15) is 6.92 Å². The first-order valence-corrected chi connectivity index (χ1v) is 12.9. The van der Waals surface area contributed by atoms with Gasteiger partial charge in [0.05, 0.1) is 39.9 Å². The highest BCUT2D eigenvalue weighted by Crippen LogP contribution is 2.44. The number of rotatable bonds is 12. The van der Waals surface area contributed by atoms with Gasteiger partial charge in [-0.2, -0.15) is 9.45 Å². The first-order chi connectivity index (χ1) is 17.2. The minimum absolute atomic E-state index is 0.0121. The van der Waals surface area contributed by atoms with E-state index in [1.165, 1.54) is 31.2 Å². The van der Waals surface area contributed by atoms with E-state index in [2.05, 4.69) is 29.3 Å². The molecule has 36 heavy (non-hydrogen) atoms. The Kier molecular flexibility index (Phi) is 9.99. The van der Waals surface area contributed by atoms with E-state index in [9.17, 15) is 18.3 Å². The Bertz CT molecular complexity index is 1350. The molecule has 3 aromatic rings. The van der Waals surface area contributed by atoms with Gasteiger partial charge in [-0.05, 0) is 47.9 Å². The van der Waals surface area contributed by atoms with Crippen LogP contribution in [-0.2, 0) is 32.5 Å². The molecule has 0 radical (unpaired) electrons. The van der Waals surface area contributed by atoms with Crippen LogP contribution in [0.25, 0.3) is 10.8 Å². The van der Waals surface area contributed by atoms with E-state index in [4.69, 9.17) is 14.7 Å². The van der Waals surface area contributed by atoms with Gasteiger partial charge in [0.1, 0.15) is 5.69 Å². The van der Waals surface area contributed by atoms with E-state index in [-0.39, 0.29) is 57.5 Å². The molecule has 0 atom stereocenters. The molecular formula is C20H19N3O10S3. The van der Waals surface area contributed by atoms with Gasteiger partial charge in [-0.1, -0.05) is 11.1 Å². The maximum Gasteiger partial charge on any atom is 0.221 e. The molecule has 3 aromatic carbocycles. The molecule has 0 aliphatic carbocycles. The third-order valence-corrected chi connectivity index (χ3v) is 7.14. The molecule has 16 heteroatoms. The van der Waals surface area contributed by atoms with E-state index in [0.717, 1.165) is 0 Å². The first kappa shape index (κ1) is 27.8. The fourth-order valence-electron chi connectivity index (χ4n) is 2.98. The van der Waals surface area contributed by atoms with Crippen molar-refractivity contribution in [1.82, 2.24) is 0 Å². The fourth-order valence-corrected chi connectivity index (χ4v) is 4.86. The monoisotopic (exact) mass is 557 g/mol. The minimum Gasteiger partial charge on any atom is -0.505 e. The Hall–Kier alpha value is -2.80. The topological polar surface area (TPSA) is 186 Å². The molecule has 1 amide bonds. The number of carbonyl (C=O) groups excluding carboxylic acids is 1. The standard InChI is InChI=1S/C20H19N3O10S3/c1-12(24)21-15-3-2-13-10-18(34-32-27)19(20(25)17(13)11-15)23-22-14-4-6-16(7-5-14)36(28,29)9-8-30-35-33-31-26/h2-7,10-11,25-27H,8-9H2,1H3,(H,21,24). The van der Waals surface area contributed by atoms with E-state index >= 15 is 0 Å². The Balaban J connectivity index is 1.84. The van der Waals surface area contributed by atoms with Crippen molar-refractivity contribution in [3.63, 3.8) is 0 Å². The van der Waals surface area contributed by atoms with Gasteiger partial charge in [0.25, 0.3) is 0 Å². The van der Waals surface area contributed by atoms with Crippen molar-refractivity contribution in [3.05, 3.63) is 48.5 Å². The molecule has 0 unspecified atom stereocenters. The smallest absolute Gasteiger partial charge is 0.221 e. The minimum atomic E-state index is -3.68. The van der Waals surface area contributed by atoms with Gasteiger partial charge >= 0.3 is 0 Å². The zero-order chi connectivity index (χ0) is 26.1. The number of nitrogens with zero attached hydrogens (tertiary/aromatic N) is 2. The normalized spacial score (nSPS) is 11.9. The zero-order valence-corrected chi connectivity index (χ0v) is 20.8. The summed E-state index contributed by atoms with van der Waals surface area (Å²) in [5, 5.41) is 42.7. The highest BCUT2D eigenvalue weighted by atomic mass is 32.2. The molecule has 0 saturated heterocycles. The first-order valence-electron chi connectivity index (χ1n) is 9.81. The van der Waals surface area contributed by atoms with Crippen molar-refractivity contribution in [1.29, 1.82) is 0 Å². The predicted molar refractivity (Wildman–Crippen MR) is 130 cm³/mol. The fraction of sp³-hybridized carbons (Fsp3) is 0.150. The Morgan fingerprint density at radius 1 is 1.08 bits per heavy atom. The average Bonchev–Trinajstić information content (AvgIpc) is 2.84. The van der Waals surface area contributed by atoms with Crippen LogP contribution in [0.4, 0.5) is 17.1 Å². The van der Waals surface area contributed by atoms with Crippen LogP contribution >= 0.6 is 24.4 Å². The second-order valence-electron chi connectivity index (χ2n) is 6.89. The Morgan fingerprint density at radius 3 is 2.50 bits per heavy atom. The van der Waals surface area contributed by atoms with Crippen LogP contribution in [0, 0.1) is 0 Å². The van der Waals surface area contributed by atoms with E-state index in [1.54, 1.807) is 24.3 Å². The number of sulfone groups is 1. The van der Waals surface area contributed by atoms with Gasteiger partial charge in [-0.15, -0.1) is 9.45 Å². The number of hydrogen-bond donors (Lipinski definition) is 4. The summed E-state index contributed by atoms with van der Waals surface area (Å²) in [5.74, 6) is -0.907. The van der Waals surface area contributed by atoms with Crippen molar-refractivity contribution in [2.45, 2.75) is 16.7 Å². The SMILES string of the molecule is CC(=O)Nc1ccc2cc(SOO)c(N=Nc3ccc(S(=O)(=O)CCOSOOO)cc3)c(O)c2c1. The summed E-state index contributed by atoms with van der Waals surface area (Å²) >= 11 is 0.824. The molecule has 0 aliphatic heterocycles. The summed E-state index contributed by atoms with van der Waals surface area (Å²) in [4.78, 5) is 11.6. The molecule has 0 spiro atoms. The molecule has 0 aromatic heterocycles. The number of amides is 1. The molecule has 192 valence electrons. The van der Waals surface area contributed by atoms with Gasteiger partial charge < -0.3 is 10.4 Å². The second kappa shape index (κ2) is 12.9. The predicted octanol–water partition coefficient (Wildman–Crippen LogP) is 5.19. The van der Waals surface area contributed by atoms with Gasteiger partial charge in [0, 0.05) is 18.0 Å². The number of azo groups is 1. The Morgan fingerprint density at radius 2 is 1.83 bits per heavy atom. The van der Waals surface area contributed by atoms with Crippen LogP contribution in [0.5, 0.6) is 5.75 Å². The number of benzene rings is 3. The summed E-state index contributed by atoms with van der Waals surface area (Å²) in [6, 6.07) is 12.0. The largest absolute Gasteiger partial charge is 0.505 e. The highest BCUT2D eigenvalue weighted by Gasteiger charge is 2.17. The molecule has 0 saturated carbocycles. The number of anilines is 1. The highest BCUT2D eigenvalue weighted by molar-refractivity contribution is 7.94. The van der Waals surface area contributed by atoms with Gasteiger partial charge in [0.2, 0.25) is 5.91 Å². The molecule has 0 aliphatic rings. The van der Waals surface area contributed by atoms with Crippen LogP contribution in [0.2, 0.25) is 0 Å². The molecule has 4 N–H and O–H groups in total. The van der Waals surface area contributed by atoms with Crippen LogP contribution < -0.4 is 5.32 Å². The number of phenols is 1. The summed E-state index contributed by atoms with van der Waals surface area (Å²) in [5.41, 5.74) is 0.727. The third-order valence-electron chi connectivity index (χ3n) is 4.50. The second-order valence-corrected chi connectivity index (χ2v) is 10.3. The van der Waals surface area contributed by atoms with Crippen LogP contribution in [0.3, 0.4) is 0 Å². The number of aromatic hydroxyl groups is 1. The summed E-state index contributed by atoms with van der Waals surface area (Å²) < 4.78 is 37.6. The van der Waals surface area contributed by atoms with Crippen molar-refractivity contribution in [2.75, 3.05) is 17.7 Å². The number of carbonyl (C=O) groups is 1. The lowest BCUT2D eigenvalue weighted by Crippen LogP contribution is -2.10. The number of hydrogen-bond acceptors (Lipinski definition) is 14. The molecule has 0 heterocycles. The van der Waals surface area contributed by atoms with Gasteiger partial charge in [-0.3, -0.25) is 8.98 Å². The molecule has 3 rings (SSSR count). The Labute approximate surface area is 213 Å². The third kappa shape index (κ3) is 7.36. The molecular weight excluding hydrogens is 538 g/mol. The van der Waals surface area contributed by atoms with Crippen molar-refractivity contribution >= 4 is 67.9 Å².